The van der Waals surface area contributed by atoms with E-state index in [1.807, 2.05) is 24.3 Å². The molecule has 3 nitrogen and oxygen atoms in total. The zero-order chi connectivity index (χ0) is 14.3. The van der Waals surface area contributed by atoms with Gasteiger partial charge in [0.15, 0.2) is 0 Å². The molecular formula is C14H10BrClFN3. The van der Waals surface area contributed by atoms with Crippen molar-refractivity contribution >= 4 is 44.5 Å². The molecule has 0 unspecified atom stereocenters. The van der Waals surface area contributed by atoms with E-state index in [-0.39, 0.29) is 5.02 Å². The van der Waals surface area contributed by atoms with Crippen LogP contribution in [-0.2, 0) is 6.54 Å². The van der Waals surface area contributed by atoms with E-state index < -0.39 is 5.82 Å². The highest BCUT2D eigenvalue weighted by molar-refractivity contribution is 9.10. The van der Waals surface area contributed by atoms with Gasteiger partial charge in [-0.25, -0.2) is 9.37 Å². The van der Waals surface area contributed by atoms with Crippen molar-refractivity contribution in [2.45, 2.75) is 6.54 Å². The molecule has 0 bridgehead atoms. The number of aromatic nitrogens is 2. The number of halogens is 3. The Morgan fingerprint density at radius 1 is 1.30 bits per heavy atom. The van der Waals surface area contributed by atoms with Gasteiger partial charge in [0.2, 0.25) is 5.95 Å². The summed E-state index contributed by atoms with van der Waals surface area (Å²) in [4.78, 5) is 4.17. The topological polar surface area (TPSA) is 43.8 Å². The van der Waals surface area contributed by atoms with Gasteiger partial charge < -0.3 is 10.3 Å². The second-order valence-corrected chi connectivity index (χ2v) is 5.66. The van der Waals surface area contributed by atoms with Crippen LogP contribution in [0.25, 0.3) is 11.0 Å². The minimum atomic E-state index is -0.496. The van der Waals surface area contributed by atoms with Crippen molar-refractivity contribution in [1.82, 2.24) is 9.55 Å². The predicted octanol–water partition coefficient (Wildman–Crippen LogP) is 4.22. The number of rotatable bonds is 2. The Labute approximate surface area is 128 Å². The van der Waals surface area contributed by atoms with E-state index in [1.54, 1.807) is 10.6 Å². The molecule has 20 heavy (non-hydrogen) atoms. The SMILES string of the molecule is Nc1nc2cc(F)c(Cl)cc2n1Cc1ccccc1Br. The van der Waals surface area contributed by atoms with Crippen LogP contribution in [0.4, 0.5) is 10.3 Å². The number of nitrogens with two attached hydrogens (primary N) is 1. The molecule has 6 heteroatoms. The zero-order valence-electron chi connectivity index (χ0n) is 10.3. The lowest BCUT2D eigenvalue weighted by molar-refractivity contribution is 0.629. The molecule has 0 atom stereocenters. The Kier molecular flexibility index (Phi) is 3.40. The van der Waals surface area contributed by atoms with Crippen LogP contribution < -0.4 is 5.73 Å². The van der Waals surface area contributed by atoms with Crippen molar-refractivity contribution in [2.24, 2.45) is 0 Å². The van der Waals surface area contributed by atoms with Crippen molar-refractivity contribution in [2.75, 3.05) is 5.73 Å². The maximum Gasteiger partial charge on any atom is 0.201 e. The van der Waals surface area contributed by atoms with Crippen molar-refractivity contribution in [3.63, 3.8) is 0 Å². The molecule has 0 aliphatic heterocycles. The van der Waals surface area contributed by atoms with Crippen molar-refractivity contribution in [3.05, 3.63) is 57.3 Å². The van der Waals surface area contributed by atoms with Gasteiger partial charge in [-0.2, -0.15) is 0 Å². The summed E-state index contributed by atoms with van der Waals surface area (Å²) in [5, 5.41) is 0.0609. The van der Waals surface area contributed by atoms with Crippen LogP contribution in [0, 0.1) is 5.82 Å². The third kappa shape index (κ3) is 2.27. The molecule has 0 saturated carbocycles. The van der Waals surface area contributed by atoms with Gasteiger partial charge in [0.05, 0.1) is 22.6 Å². The first kappa shape index (κ1) is 13.4. The van der Waals surface area contributed by atoms with Crippen molar-refractivity contribution < 1.29 is 4.39 Å². The zero-order valence-corrected chi connectivity index (χ0v) is 12.6. The van der Waals surface area contributed by atoms with E-state index in [0.717, 1.165) is 10.0 Å². The Morgan fingerprint density at radius 3 is 2.80 bits per heavy atom. The highest BCUT2D eigenvalue weighted by atomic mass is 79.9. The lowest BCUT2D eigenvalue weighted by Gasteiger charge is -2.08. The third-order valence-corrected chi connectivity index (χ3v) is 4.17. The van der Waals surface area contributed by atoms with Crippen molar-refractivity contribution in [1.29, 1.82) is 0 Å². The van der Waals surface area contributed by atoms with E-state index in [9.17, 15) is 4.39 Å². The smallest absolute Gasteiger partial charge is 0.201 e. The Hall–Kier alpha value is -1.59. The standard InChI is InChI=1S/C14H10BrClFN3/c15-9-4-2-1-3-8(9)7-20-13-5-10(16)11(17)6-12(13)19-14(20)18/h1-6H,7H2,(H2,18,19). The summed E-state index contributed by atoms with van der Waals surface area (Å²) in [6.07, 6.45) is 0. The lowest BCUT2D eigenvalue weighted by atomic mass is 10.2. The third-order valence-electron chi connectivity index (χ3n) is 3.11. The van der Waals surface area contributed by atoms with E-state index in [0.29, 0.717) is 23.5 Å². The minimum Gasteiger partial charge on any atom is -0.369 e. The molecule has 3 aromatic rings. The van der Waals surface area contributed by atoms with Crippen LogP contribution in [0.5, 0.6) is 0 Å². The average Bonchev–Trinajstić information content (AvgIpc) is 2.69. The molecule has 1 aromatic heterocycles. The number of hydrogen-bond acceptors (Lipinski definition) is 2. The van der Waals surface area contributed by atoms with Gasteiger partial charge in [-0.15, -0.1) is 0 Å². The Balaban J connectivity index is 2.14. The second kappa shape index (κ2) is 5.07. The number of anilines is 1. The van der Waals surface area contributed by atoms with Gasteiger partial charge >= 0.3 is 0 Å². The largest absolute Gasteiger partial charge is 0.369 e. The fourth-order valence-electron chi connectivity index (χ4n) is 2.10. The molecule has 0 aliphatic rings. The van der Waals surface area contributed by atoms with Crippen LogP contribution in [0.2, 0.25) is 5.02 Å². The number of hydrogen-bond donors (Lipinski definition) is 1. The lowest BCUT2D eigenvalue weighted by Crippen LogP contribution is -2.05. The number of nitrogen functional groups attached to an aromatic ring is 1. The highest BCUT2D eigenvalue weighted by Gasteiger charge is 2.12. The van der Waals surface area contributed by atoms with Crippen LogP contribution >= 0.6 is 27.5 Å². The molecule has 1 heterocycles. The van der Waals surface area contributed by atoms with Gasteiger partial charge in [0.25, 0.3) is 0 Å². The quantitative estimate of drug-likeness (QED) is 0.749. The van der Waals surface area contributed by atoms with Crippen molar-refractivity contribution in [3.8, 4) is 0 Å². The molecule has 0 amide bonds. The second-order valence-electron chi connectivity index (χ2n) is 4.40. The Morgan fingerprint density at radius 2 is 2.05 bits per heavy atom. The van der Waals surface area contributed by atoms with Gasteiger partial charge in [0.1, 0.15) is 5.82 Å². The molecule has 0 radical (unpaired) electrons. The summed E-state index contributed by atoms with van der Waals surface area (Å²) < 4.78 is 16.2. The molecular weight excluding hydrogens is 345 g/mol. The minimum absolute atomic E-state index is 0.0609. The highest BCUT2D eigenvalue weighted by Crippen LogP contribution is 2.26. The molecule has 3 rings (SSSR count). The number of imidazole rings is 1. The van der Waals surface area contributed by atoms with Gasteiger partial charge in [-0.3, -0.25) is 0 Å². The maximum atomic E-state index is 13.5. The van der Waals surface area contributed by atoms with Crippen LogP contribution in [0.3, 0.4) is 0 Å². The summed E-state index contributed by atoms with van der Waals surface area (Å²) in [5.41, 5.74) is 8.19. The monoisotopic (exact) mass is 353 g/mol. The number of nitrogens with zero attached hydrogens (tertiary/aromatic N) is 2. The number of fused-ring (bicyclic) bond motifs is 1. The van der Waals surface area contributed by atoms with Gasteiger partial charge in [0, 0.05) is 10.5 Å². The van der Waals surface area contributed by atoms with Crippen LogP contribution in [0.1, 0.15) is 5.56 Å². The first-order valence-electron chi connectivity index (χ1n) is 5.90. The molecule has 0 aliphatic carbocycles. The first-order valence-corrected chi connectivity index (χ1v) is 7.07. The summed E-state index contributed by atoms with van der Waals surface area (Å²) in [6.45, 7) is 0.533. The molecule has 0 saturated heterocycles. The predicted molar refractivity (Wildman–Crippen MR) is 82.4 cm³/mol. The summed E-state index contributed by atoms with van der Waals surface area (Å²) in [6, 6.07) is 10.7. The molecule has 0 fully saturated rings. The molecule has 2 N–H and O–H groups in total. The number of benzene rings is 2. The Bertz CT molecular complexity index is 800. The van der Waals surface area contributed by atoms with Gasteiger partial charge in [-0.1, -0.05) is 45.7 Å². The van der Waals surface area contributed by atoms with E-state index >= 15 is 0 Å². The molecule has 2 aromatic carbocycles. The fourth-order valence-corrected chi connectivity index (χ4v) is 2.67. The van der Waals surface area contributed by atoms with E-state index in [1.165, 1.54) is 6.07 Å². The van der Waals surface area contributed by atoms with Crippen LogP contribution in [-0.4, -0.2) is 9.55 Å². The summed E-state index contributed by atoms with van der Waals surface area (Å²) in [7, 11) is 0. The molecule has 0 spiro atoms. The van der Waals surface area contributed by atoms with Gasteiger partial charge in [-0.05, 0) is 17.7 Å². The summed E-state index contributed by atoms with van der Waals surface area (Å²) in [5.74, 6) is -0.165. The summed E-state index contributed by atoms with van der Waals surface area (Å²) >= 11 is 9.33. The van der Waals surface area contributed by atoms with E-state index in [4.69, 9.17) is 17.3 Å². The molecule has 102 valence electrons. The fraction of sp³-hybridized carbons (Fsp3) is 0.0714. The van der Waals surface area contributed by atoms with E-state index in [2.05, 4.69) is 20.9 Å². The van der Waals surface area contributed by atoms with Crippen LogP contribution in [0.15, 0.2) is 40.9 Å². The maximum absolute atomic E-state index is 13.5. The normalized spacial score (nSPS) is 11.2. The average molecular weight is 355 g/mol. The first-order chi connectivity index (χ1) is 9.56.